The maximum absolute atomic E-state index is 10.2. The lowest BCUT2D eigenvalue weighted by Gasteiger charge is -2.06. The summed E-state index contributed by atoms with van der Waals surface area (Å²) in [5.41, 5.74) is 1.15. The van der Waals surface area contributed by atoms with E-state index in [0.29, 0.717) is 0 Å². The van der Waals surface area contributed by atoms with Gasteiger partial charge >= 0.3 is 0 Å². The van der Waals surface area contributed by atoms with Crippen LogP contribution in [-0.4, -0.2) is 5.11 Å². The second-order valence-corrected chi connectivity index (χ2v) is 6.48. The maximum atomic E-state index is 10.2. The van der Waals surface area contributed by atoms with Crippen molar-refractivity contribution in [3.8, 4) is 0 Å². The van der Waals surface area contributed by atoms with Gasteiger partial charge in [-0.25, -0.2) is 0 Å². The van der Waals surface area contributed by atoms with E-state index < -0.39 is 6.10 Å². The van der Waals surface area contributed by atoms with Gasteiger partial charge in [0.1, 0.15) is 6.10 Å². The molecule has 2 aromatic rings. The highest BCUT2D eigenvalue weighted by molar-refractivity contribution is 7.16. The Kier molecular flexibility index (Phi) is 3.16. The molecule has 0 saturated heterocycles. The van der Waals surface area contributed by atoms with Gasteiger partial charge in [-0.1, -0.05) is 11.6 Å². The Morgan fingerprint density at radius 1 is 1.27 bits per heavy atom. The molecule has 0 fully saturated rings. The van der Waals surface area contributed by atoms with Gasteiger partial charge in [-0.15, -0.1) is 22.7 Å². The van der Waals surface area contributed by atoms with Crippen LogP contribution in [0.3, 0.4) is 0 Å². The number of hydrogen-bond acceptors (Lipinski definition) is 3. The molecule has 15 heavy (non-hydrogen) atoms. The average Bonchev–Trinajstić information content (AvgIpc) is 2.71. The average molecular weight is 259 g/mol. The van der Waals surface area contributed by atoms with Crippen molar-refractivity contribution < 1.29 is 5.11 Å². The first-order valence-electron chi connectivity index (χ1n) is 4.58. The van der Waals surface area contributed by atoms with Crippen LogP contribution in [-0.2, 0) is 0 Å². The van der Waals surface area contributed by atoms with Crippen LogP contribution >= 0.6 is 34.3 Å². The van der Waals surface area contributed by atoms with Crippen molar-refractivity contribution in [3.63, 3.8) is 0 Å². The number of hydrogen-bond donors (Lipinski definition) is 1. The zero-order chi connectivity index (χ0) is 11.0. The van der Waals surface area contributed by atoms with Gasteiger partial charge < -0.3 is 5.11 Å². The molecule has 0 amide bonds. The molecule has 1 atom stereocenters. The number of aryl methyl sites for hydroxylation is 2. The fraction of sp³-hybridized carbons (Fsp3) is 0.273. The minimum absolute atomic E-state index is 0.527. The minimum Gasteiger partial charge on any atom is -0.382 e. The molecule has 4 heteroatoms. The molecule has 0 aromatic carbocycles. The maximum Gasteiger partial charge on any atom is 0.123 e. The van der Waals surface area contributed by atoms with Gasteiger partial charge in [0.15, 0.2) is 0 Å². The third-order valence-corrected chi connectivity index (χ3v) is 4.68. The quantitative estimate of drug-likeness (QED) is 0.858. The first kappa shape index (κ1) is 11.1. The van der Waals surface area contributed by atoms with Crippen LogP contribution < -0.4 is 0 Å². The van der Waals surface area contributed by atoms with Crippen molar-refractivity contribution >= 4 is 34.3 Å². The summed E-state index contributed by atoms with van der Waals surface area (Å²) in [5, 5.41) is 10.2. The van der Waals surface area contributed by atoms with Crippen LogP contribution in [0.25, 0.3) is 0 Å². The van der Waals surface area contributed by atoms with Crippen molar-refractivity contribution in [1.29, 1.82) is 0 Å². The molecule has 0 radical (unpaired) electrons. The van der Waals surface area contributed by atoms with Crippen LogP contribution in [0, 0.1) is 13.8 Å². The summed E-state index contributed by atoms with van der Waals surface area (Å²) in [6.45, 7) is 4.08. The molecule has 1 N–H and O–H groups in total. The van der Waals surface area contributed by atoms with Crippen molar-refractivity contribution in [2.75, 3.05) is 0 Å². The van der Waals surface area contributed by atoms with E-state index in [-0.39, 0.29) is 0 Å². The molecule has 80 valence electrons. The van der Waals surface area contributed by atoms with Gasteiger partial charge in [0.25, 0.3) is 0 Å². The second kappa shape index (κ2) is 4.26. The Hall–Kier alpha value is -0.350. The predicted octanol–water partition coefficient (Wildman–Crippen LogP) is 4.16. The molecule has 0 aliphatic carbocycles. The lowest BCUT2D eigenvalue weighted by molar-refractivity contribution is 0.227. The molecule has 2 rings (SSSR count). The van der Waals surface area contributed by atoms with Gasteiger partial charge in [0, 0.05) is 14.6 Å². The monoisotopic (exact) mass is 258 g/mol. The largest absolute Gasteiger partial charge is 0.382 e. The van der Waals surface area contributed by atoms with Crippen LogP contribution in [0.4, 0.5) is 0 Å². The van der Waals surface area contributed by atoms with Gasteiger partial charge in [-0.2, -0.15) is 0 Å². The summed E-state index contributed by atoms with van der Waals surface area (Å²) in [4.78, 5) is 3.15. The number of aliphatic hydroxyl groups is 1. The Morgan fingerprint density at radius 2 is 2.00 bits per heavy atom. The van der Waals surface area contributed by atoms with E-state index in [2.05, 4.69) is 13.0 Å². The predicted molar refractivity (Wildman–Crippen MR) is 67.2 cm³/mol. The third-order valence-electron chi connectivity index (χ3n) is 2.19. The Bertz CT molecular complexity index is 473. The molecule has 2 heterocycles. The van der Waals surface area contributed by atoms with E-state index in [4.69, 9.17) is 11.6 Å². The number of halogens is 1. The minimum atomic E-state index is -0.527. The molecule has 2 aromatic heterocycles. The van der Waals surface area contributed by atoms with E-state index in [1.807, 2.05) is 19.1 Å². The van der Waals surface area contributed by atoms with Gasteiger partial charge in [-0.3, -0.25) is 0 Å². The van der Waals surface area contributed by atoms with E-state index in [0.717, 1.165) is 19.7 Å². The fourth-order valence-electron chi connectivity index (χ4n) is 1.54. The van der Waals surface area contributed by atoms with Gasteiger partial charge in [0.2, 0.25) is 0 Å². The van der Waals surface area contributed by atoms with Gasteiger partial charge in [0.05, 0.1) is 4.34 Å². The smallest absolute Gasteiger partial charge is 0.123 e. The number of rotatable bonds is 2. The lowest BCUT2D eigenvalue weighted by Crippen LogP contribution is -1.95. The molecule has 0 saturated carbocycles. The third kappa shape index (κ3) is 2.26. The summed E-state index contributed by atoms with van der Waals surface area (Å²) in [7, 11) is 0. The van der Waals surface area contributed by atoms with Gasteiger partial charge in [-0.05, 0) is 37.6 Å². The fourth-order valence-corrected chi connectivity index (χ4v) is 3.71. The normalized spacial score (nSPS) is 13.1. The second-order valence-electron chi connectivity index (χ2n) is 3.45. The number of thiophene rings is 2. The number of aliphatic hydroxyl groups excluding tert-OH is 1. The van der Waals surface area contributed by atoms with Crippen LogP contribution in [0.15, 0.2) is 18.2 Å². The van der Waals surface area contributed by atoms with Crippen molar-refractivity contribution in [2.24, 2.45) is 0 Å². The molecule has 0 aliphatic heterocycles. The summed E-state index contributed by atoms with van der Waals surface area (Å²) in [6.07, 6.45) is -0.527. The summed E-state index contributed by atoms with van der Waals surface area (Å²) in [5.74, 6) is 0. The Labute approximate surface area is 102 Å². The zero-order valence-corrected chi connectivity index (χ0v) is 10.8. The highest BCUT2D eigenvalue weighted by atomic mass is 35.5. The van der Waals surface area contributed by atoms with Crippen molar-refractivity contribution in [3.05, 3.63) is 42.7 Å². The summed E-state index contributed by atoms with van der Waals surface area (Å²) in [6, 6.07) is 5.80. The van der Waals surface area contributed by atoms with Crippen molar-refractivity contribution in [1.82, 2.24) is 0 Å². The first-order valence-corrected chi connectivity index (χ1v) is 6.59. The molecule has 1 unspecified atom stereocenters. The summed E-state index contributed by atoms with van der Waals surface area (Å²) >= 11 is 8.92. The Balaban J connectivity index is 2.35. The van der Waals surface area contributed by atoms with Crippen LogP contribution in [0.1, 0.15) is 26.3 Å². The molecule has 0 aliphatic rings. The SMILES string of the molecule is Cc1cc(C)c(C(O)c2ccc(Cl)s2)s1. The van der Waals surface area contributed by atoms with E-state index in [1.54, 1.807) is 11.3 Å². The molecule has 0 spiro atoms. The lowest BCUT2D eigenvalue weighted by atomic mass is 10.2. The highest BCUT2D eigenvalue weighted by Crippen LogP contribution is 2.35. The van der Waals surface area contributed by atoms with Crippen LogP contribution in [0.5, 0.6) is 0 Å². The van der Waals surface area contributed by atoms with E-state index >= 15 is 0 Å². The van der Waals surface area contributed by atoms with E-state index in [9.17, 15) is 5.11 Å². The topological polar surface area (TPSA) is 20.2 Å². The highest BCUT2D eigenvalue weighted by Gasteiger charge is 2.17. The zero-order valence-electron chi connectivity index (χ0n) is 8.45. The standard InChI is InChI=1S/C11H11ClOS2/c1-6-5-7(2)14-11(6)10(13)8-3-4-9(12)15-8/h3-5,10,13H,1-2H3. The summed E-state index contributed by atoms with van der Waals surface area (Å²) < 4.78 is 0.718. The van der Waals surface area contributed by atoms with Crippen LogP contribution in [0.2, 0.25) is 4.34 Å². The molecular weight excluding hydrogens is 248 g/mol. The van der Waals surface area contributed by atoms with Crippen molar-refractivity contribution in [2.45, 2.75) is 20.0 Å². The Morgan fingerprint density at radius 3 is 2.47 bits per heavy atom. The molecule has 0 bridgehead atoms. The molecular formula is C11H11ClOS2. The first-order chi connectivity index (χ1) is 7.08. The van der Waals surface area contributed by atoms with E-state index in [1.165, 1.54) is 16.2 Å². The molecule has 1 nitrogen and oxygen atoms in total.